The number of ketones is 1. The zero-order valence-corrected chi connectivity index (χ0v) is 11.3. The van der Waals surface area contributed by atoms with Gasteiger partial charge in [0.1, 0.15) is 0 Å². The summed E-state index contributed by atoms with van der Waals surface area (Å²) in [4.78, 5) is 16.7. The normalized spacial score (nSPS) is 10.7. The zero-order chi connectivity index (χ0) is 14.1. The predicted molar refractivity (Wildman–Crippen MR) is 81.0 cm³/mol. The number of fused-ring (bicyclic) bond motifs is 1. The number of hydrogen-bond donors (Lipinski definition) is 1. The van der Waals surface area contributed by atoms with Crippen molar-refractivity contribution in [1.82, 2.24) is 4.98 Å². The third-order valence-electron chi connectivity index (χ3n) is 3.19. The summed E-state index contributed by atoms with van der Waals surface area (Å²) >= 11 is 5.98. The number of nitrogen functional groups attached to an aromatic ring is 1. The fourth-order valence-electron chi connectivity index (χ4n) is 2.14. The second-order valence-corrected chi connectivity index (χ2v) is 4.88. The van der Waals surface area contributed by atoms with Crippen LogP contribution in [-0.4, -0.2) is 10.8 Å². The minimum absolute atomic E-state index is 0.0799. The number of benzene rings is 2. The van der Waals surface area contributed by atoms with Crippen LogP contribution in [0.4, 0.5) is 5.69 Å². The highest BCUT2D eigenvalue weighted by molar-refractivity contribution is 6.33. The third-order valence-corrected chi connectivity index (χ3v) is 3.52. The van der Waals surface area contributed by atoms with Gasteiger partial charge in [0.2, 0.25) is 0 Å². The van der Waals surface area contributed by atoms with E-state index in [1.807, 2.05) is 18.2 Å². The van der Waals surface area contributed by atoms with Crippen LogP contribution in [0.3, 0.4) is 0 Å². The summed E-state index contributed by atoms with van der Waals surface area (Å²) < 4.78 is 0. The number of halogens is 1. The molecule has 3 aromatic rings. The molecule has 0 saturated heterocycles. The minimum Gasteiger partial charge on any atom is -0.398 e. The Bertz CT molecular complexity index is 809. The Morgan fingerprint density at radius 1 is 1.15 bits per heavy atom. The molecule has 0 saturated carbocycles. The van der Waals surface area contributed by atoms with Gasteiger partial charge in [-0.25, -0.2) is 0 Å². The molecule has 1 aromatic heterocycles. The summed E-state index contributed by atoms with van der Waals surface area (Å²) in [5.41, 5.74) is 7.28. The quantitative estimate of drug-likeness (QED) is 0.576. The topological polar surface area (TPSA) is 56.0 Å². The van der Waals surface area contributed by atoms with E-state index in [-0.39, 0.29) is 5.78 Å². The Labute approximate surface area is 121 Å². The maximum Gasteiger partial charge on any atom is 0.193 e. The number of carbonyl (C=O) groups is 1. The molecule has 3 rings (SSSR count). The molecule has 0 aliphatic carbocycles. The zero-order valence-electron chi connectivity index (χ0n) is 10.5. The fourth-order valence-corrected chi connectivity index (χ4v) is 2.32. The van der Waals surface area contributed by atoms with Crippen molar-refractivity contribution in [2.75, 3.05) is 5.73 Å². The number of anilines is 1. The Morgan fingerprint density at radius 2 is 2.00 bits per heavy atom. The van der Waals surface area contributed by atoms with Crippen molar-refractivity contribution < 1.29 is 4.79 Å². The van der Waals surface area contributed by atoms with Gasteiger partial charge in [-0.3, -0.25) is 9.78 Å². The first-order valence-corrected chi connectivity index (χ1v) is 6.47. The van der Waals surface area contributed by atoms with Crippen LogP contribution in [0.2, 0.25) is 5.02 Å². The molecule has 4 heteroatoms. The van der Waals surface area contributed by atoms with Crippen molar-refractivity contribution >= 4 is 33.8 Å². The molecular weight excluding hydrogens is 272 g/mol. The van der Waals surface area contributed by atoms with Crippen LogP contribution < -0.4 is 5.73 Å². The lowest BCUT2D eigenvalue weighted by Crippen LogP contribution is -2.03. The number of rotatable bonds is 2. The van der Waals surface area contributed by atoms with Gasteiger partial charge in [0.15, 0.2) is 5.78 Å². The molecule has 1 heterocycles. The number of nitrogens with zero attached hydrogens (tertiary/aromatic N) is 1. The van der Waals surface area contributed by atoms with Gasteiger partial charge < -0.3 is 5.73 Å². The maximum absolute atomic E-state index is 12.6. The van der Waals surface area contributed by atoms with Crippen molar-refractivity contribution in [3.05, 3.63) is 71.0 Å². The number of nitrogens with two attached hydrogens (primary N) is 1. The largest absolute Gasteiger partial charge is 0.398 e. The van der Waals surface area contributed by atoms with Crippen LogP contribution in [0.25, 0.3) is 10.8 Å². The SMILES string of the molecule is Nc1ccc(C(=O)c2cccc3cnccc23)cc1Cl. The molecule has 0 fully saturated rings. The van der Waals surface area contributed by atoms with Crippen molar-refractivity contribution in [2.24, 2.45) is 0 Å². The molecule has 0 atom stereocenters. The lowest BCUT2D eigenvalue weighted by molar-refractivity contribution is 0.104. The van der Waals surface area contributed by atoms with E-state index >= 15 is 0 Å². The van der Waals surface area contributed by atoms with E-state index in [9.17, 15) is 4.79 Å². The van der Waals surface area contributed by atoms with Crippen molar-refractivity contribution in [2.45, 2.75) is 0 Å². The highest BCUT2D eigenvalue weighted by atomic mass is 35.5. The van der Waals surface area contributed by atoms with Gasteiger partial charge in [-0.2, -0.15) is 0 Å². The van der Waals surface area contributed by atoms with Gasteiger partial charge in [0, 0.05) is 28.9 Å². The molecule has 0 bridgehead atoms. The molecular formula is C16H11ClN2O. The van der Waals surface area contributed by atoms with Crippen molar-refractivity contribution in [3.8, 4) is 0 Å². The van der Waals surface area contributed by atoms with Crippen LogP contribution in [0.1, 0.15) is 15.9 Å². The maximum atomic E-state index is 12.6. The van der Waals surface area contributed by atoms with Gasteiger partial charge in [0.25, 0.3) is 0 Å². The van der Waals surface area contributed by atoms with E-state index in [0.717, 1.165) is 10.8 Å². The second-order valence-electron chi connectivity index (χ2n) is 4.47. The first-order valence-electron chi connectivity index (χ1n) is 6.09. The molecule has 2 aromatic carbocycles. The Hall–Kier alpha value is -2.39. The summed E-state index contributed by atoms with van der Waals surface area (Å²) in [5, 5.41) is 2.19. The molecule has 0 amide bonds. The Morgan fingerprint density at radius 3 is 2.80 bits per heavy atom. The van der Waals surface area contributed by atoms with E-state index in [1.165, 1.54) is 0 Å². The van der Waals surface area contributed by atoms with E-state index in [0.29, 0.717) is 21.8 Å². The van der Waals surface area contributed by atoms with Crippen LogP contribution in [0.15, 0.2) is 54.9 Å². The number of carbonyl (C=O) groups excluding carboxylic acids is 1. The molecule has 0 radical (unpaired) electrons. The number of hydrogen-bond acceptors (Lipinski definition) is 3. The summed E-state index contributed by atoms with van der Waals surface area (Å²) in [6.45, 7) is 0. The first-order chi connectivity index (χ1) is 9.66. The van der Waals surface area contributed by atoms with Crippen LogP contribution in [0, 0.1) is 0 Å². The minimum atomic E-state index is -0.0799. The standard InChI is InChI=1S/C16H11ClN2O/c17-14-8-10(4-5-15(14)18)16(20)13-3-1-2-11-9-19-7-6-12(11)13/h1-9H,18H2. The lowest BCUT2D eigenvalue weighted by atomic mass is 9.98. The number of pyridine rings is 1. The fraction of sp³-hybridized carbons (Fsp3) is 0. The van der Waals surface area contributed by atoms with E-state index < -0.39 is 0 Å². The van der Waals surface area contributed by atoms with E-state index in [1.54, 1.807) is 36.7 Å². The summed E-state index contributed by atoms with van der Waals surface area (Å²) in [7, 11) is 0. The Balaban J connectivity index is 2.15. The Kier molecular flexibility index (Phi) is 3.12. The molecule has 0 spiro atoms. The van der Waals surface area contributed by atoms with Crippen molar-refractivity contribution in [3.63, 3.8) is 0 Å². The summed E-state index contributed by atoms with van der Waals surface area (Å²) in [6, 6.07) is 12.3. The second kappa shape index (κ2) is 4.94. The summed E-state index contributed by atoms with van der Waals surface area (Å²) in [5.74, 6) is -0.0799. The first kappa shape index (κ1) is 12.6. The van der Waals surface area contributed by atoms with E-state index in [2.05, 4.69) is 4.98 Å². The molecule has 0 aliphatic rings. The lowest BCUT2D eigenvalue weighted by Gasteiger charge is -2.06. The third kappa shape index (κ3) is 2.12. The van der Waals surface area contributed by atoms with Gasteiger partial charge in [-0.1, -0.05) is 29.8 Å². The monoisotopic (exact) mass is 282 g/mol. The molecule has 3 nitrogen and oxygen atoms in total. The van der Waals surface area contributed by atoms with Crippen LogP contribution in [0.5, 0.6) is 0 Å². The van der Waals surface area contributed by atoms with Crippen molar-refractivity contribution in [1.29, 1.82) is 0 Å². The summed E-state index contributed by atoms with van der Waals surface area (Å²) in [6.07, 6.45) is 3.41. The van der Waals surface area contributed by atoms with Gasteiger partial charge in [-0.15, -0.1) is 0 Å². The average molecular weight is 283 g/mol. The van der Waals surface area contributed by atoms with Gasteiger partial charge in [0.05, 0.1) is 10.7 Å². The molecule has 0 aliphatic heterocycles. The van der Waals surface area contributed by atoms with Crippen LogP contribution >= 0.6 is 11.6 Å². The molecule has 2 N–H and O–H groups in total. The molecule has 98 valence electrons. The molecule has 0 unspecified atom stereocenters. The predicted octanol–water partition coefficient (Wildman–Crippen LogP) is 3.70. The highest BCUT2D eigenvalue weighted by Crippen LogP contribution is 2.24. The van der Waals surface area contributed by atoms with Crippen LogP contribution in [-0.2, 0) is 0 Å². The molecule has 20 heavy (non-hydrogen) atoms. The average Bonchev–Trinajstić information content (AvgIpc) is 2.49. The van der Waals surface area contributed by atoms with E-state index in [4.69, 9.17) is 17.3 Å². The smallest absolute Gasteiger partial charge is 0.193 e. The van der Waals surface area contributed by atoms with Gasteiger partial charge in [-0.05, 0) is 29.7 Å². The highest BCUT2D eigenvalue weighted by Gasteiger charge is 2.13. The number of aromatic nitrogens is 1. The van der Waals surface area contributed by atoms with Gasteiger partial charge >= 0.3 is 0 Å².